The van der Waals surface area contributed by atoms with Gasteiger partial charge in [0, 0.05) is 11.6 Å². The molecule has 1 aliphatic rings. The molecule has 2 N–H and O–H groups in total. The lowest BCUT2D eigenvalue weighted by Gasteiger charge is -2.09. The monoisotopic (exact) mass is 270 g/mol. The molecule has 4 heteroatoms. The van der Waals surface area contributed by atoms with Crippen LogP contribution in [0.3, 0.4) is 0 Å². The van der Waals surface area contributed by atoms with Gasteiger partial charge in [-0.3, -0.25) is 4.79 Å². The van der Waals surface area contributed by atoms with E-state index in [-0.39, 0.29) is 11.8 Å². The molecule has 0 saturated heterocycles. The van der Waals surface area contributed by atoms with Crippen molar-refractivity contribution in [3.8, 4) is 0 Å². The molecule has 0 bridgehead atoms. The summed E-state index contributed by atoms with van der Waals surface area (Å²) < 4.78 is 0. The van der Waals surface area contributed by atoms with Crippen LogP contribution in [0, 0.1) is 5.92 Å². The molecule has 0 aliphatic heterocycles. The Balaban J connectivity index is 1.70. The number of amides is 1. The Hall–Kier alpha value is -1.94. The van der Waals surface area contributed by atoms with Crippen LogP contribution in [0.4, 0.5) is 5.69 Å². The number of carbonyl (C=O) groups excluding carboxylic acids is 1. The Morgan fingerprint density at radius 2 is 1.84 bits per heavy atom. The number of hydrogen-bond donors (Lipinski definition) is 2. The van der Waals surface area contributed by atoms with Gasteiger partial charge in [-0.25, -0.2) is 0 Å². The highest BCUT2D eigenvalue weighted by Crippen LogP contribution is 2.28. The Bertz CT molecular complexity index is 649. The number of benzene rings is 2. The summed E-state index contributed by atoms with van der Waals surface area (Å²) in [5, 5.41) is 8.46. The maximum absolute atomic E-state index is 11.6. The third-order valence-electron chi connectivity index (χ3n) is 3.19. The number of nitrogens with one attached hydrogen (secondary N) is 2. The summed E-state index contributed by atoms with van der Waals surface area (Å²) in [5.74, 6) is 0.189. The normalized spacial score (nSPS) is 14.1. The zero-order chi connectivity index (χ0) is 13.2. The highest BCUT2D eigenvalue weighted by atomic mass is 32.1. The van der Waals surface area contributed by atoms with Gasteiger partial charge >= 0.3 is 0 Å². The molecule has 3 rings (SSSR count). The molecule has 1 aliphatic carbocycles. The molecule has 96 valence electrons. The van der Waals surface area contributed by atoms with E-state index in [9.17, 15) is 4.79 Å². The molecule has 1 amide bonds. The van der Waals surface area contributed by atoms with Crippen molar-refractivity contribution in [1.29, 1.82) is 0 Å². The Kier molecular flexibility index (Phi) is 3.17. The van der Waals surface area contributed by atoms with E-state index in [0.29, 0.717) is 5.11 Å². The first-order chi connectivity index (χ1) is 9.22. The maximum atomic E-state index is 11.6. The Labute approximate surface area is 117 Å². The van der Waals surface area contributed by atoms with Gasteiger partial charge in [0.25, 0.3) is 0 Å². The van der Waals surface area contributed by atoms with Crippen LogP contribution in [-0.4, -0.2) is 11.0 Å². The van der Waals surface area contributed by atoms with E-state index in [1.54, 1.807) is 0 Å². The summed E-state index contributed by atoms with van der Waals surface area (Å²) in [4.78, 5) is 11.6. The molecule has 0 radical (unpaired) electrons. The minimum Gasteiger partial charge on any atom is -0.332 e. The smallest absolute Gasteiger partial charge is 0.229 e. The molecule has 0 atom stereocenters. The van der Waals surface area contributed by atoms with Crippen LogP contribution in [0.25, 0.3) is 10.8 Å². The van der Waals surface area contributed by atoms with Crippen LogP contribution in [0.15, 0.2) is 42.5 Å². The van der Waals surface area contributed by atoms with Crippen LogP contribution in [-0.2, 0) is 4.79 Å². The number of anilines is 1. The first kappa shape index (κ1) is 12.1. The van der Waals surface area contributed by atoms with Crippen molar-refractivity contribution in [2.24, 2.45) is 5.92 Å². The molecule has 3 nitrogen and oxygen atoms in total. The molecule has 1 fully saturated rings. The molecule has 19 heavy (non-hydrogen) atoms. The van der Waals surface area contributed by atoms with Gasteiger partial charge in [0.15, 0.2) is 5.11 Å². The first-order valence-corrected chi connectivity index (χ1v) is 6.74. The van der Waals surface area contributed by atoms with Gasteiger partial charge in [-0.15, -0.1) is 0 Å². The van der Waals surface area contributed by atoms with Crippen LogP contribution in [0.2, 0.25) is 0 Å². The zero-order valence-corrected chi connectivity index (χ0v) is 11.2. The minimum absolute atomic E-state index is 0.0262. The predicted octanol–water partition coefficient (Wildman–Crippen LogP) is 3.06. The number of hydrogen-bond acceptors (Lipinski definition) is 2. The van der Waals surface area contributed by atoms with E-state index < -0.39 is 0 Å². The van der Waals surface area contributed by atoms with Crippen molar-refractivity contribution in [3.05, 3.63) is 42.5 Å². The summed E-state index contributed by atoms with van der Waals surface area (Å²) >= 11 is 5.14. The van der Waals surface area contributed by atoms with E-state index >= 15 is 0 Å². The lowest BCUT2D eigenvalue weighted by molar-refractivity contribution is -0.120. The summed E-state index contributed by atoms with van der Waals surface area (Å²) in [6, 6.07) is 14.1. The molecule has 0 spiro atoms. The average Bonchev–Trinajstić information content (AvgIpc) is 3.22. The van der Waals surface area contributed by atoms with Gasteiger partial charge in [0.2, 0.25) is 5.91 Å². The van der Waals surface area contributed by atoms with Gasteiger partial charge < -0.3 is 10.6 Å². The molecule has 0 heterocycles. The Morgan fingerprint density at radius 1 is 1.11 bits per heavy atom. The van der Waals surface area contributed by atoms with Crippen molar-refractivity contribution < 1.29 is 4.79 Å². The van der Waals surface area contributed by atoms with Crippen LogP contribution in [0.1, 0.15) is 12.8 Å². The number of rotatable bonds is 2. The summed E-state index contributed by atoms with van der Waals surface area (Å²) in [6.07, 6.45) is 1.95. The highest BCUT2D eigenvalue weighted by Gasteiger charge is 2.29. The van der Waals surface area contributed by atoms with Crippen LogP contribution >= 0.6 is 12.2 Å². The average molecular weight is 270 g/mol. The summed E-state index contributed by atoms with van der Waals surface area (Å²) in [5.41, 5.74) is 0.889. The number of carbonyl (C=O) groups is 1. The third kappa shape index (κ3) is 2.90. The molecule has 2 aromatic rings. The number of fused-ring (bicyclic) bond motifs is 1. The summed E-state index contributed by atoms with van der Waals surface area (Å²) in [7, 11) is 0. The molecule has 1 saturated carbocycles. The van der Waals surface area contributed by atoms with Gasteiger partial charge in [-0.1, -0.05) is 30.3 Å². The van der Waals surface area contributed by atoms with Crippen LogP contribution in [0.5, 0.6) is 0 Å². The van der Waals surface area contributed by atoms with E-state index in [2.05, 4.69) is 16.7 Å². The lowest BCUT2D eigenvalue weighted by Crippen LogP contribution is -2.35. The highest BCUT2D eigenvalue weighted by molar-refractivity contribution is 7.80. The molecule has 0 unspecified atom stereocenters. The van der Waals surface area contributed by atoms with E-state index in [1.807, 2.05) is 36.4 Å². The van der Waals surface area contributed by atoms with Gasteiger partial charge in [-0.05, 0) is 48.0 Å². The SMILES string of the molecule is O=C(NC(=S)Nc1ccc2ccccc2c1)C1CC1. The molecule has 2 aromatic carbocycles. The molecule has 0 aromatic heterocycles. The van der Waals surface area contributed by atoms with Crippen molar-refractivity contribution >= 4 is 39.7 Å². The molecular weight excluding hydrogens is 256 g/mol. The van der Waals surface area contributed by atoms with Crippen molar-refractivity contribution in [3.63, 3.8) is 0 Å². The van der Waals surface area contributed by atoms with E-state index in [0.717, 1.165) is 23.9 Å². The van der Waals surface area contributed by atoms with Crippen LogP contribution < -0.4 is 10.6 Å². The fourth-order valence-corrected chi connectivity index (χ4v) is 2.21. The van der Waals surface area contributed by atoms with Gasteiger partial charge in [0.1, 0.15) is 0 Å². The number of thiocarbonyl (C=S) groups is 1. The van der Waals surface area contributed by atoms with E-state index in [1.165, 1.54) is 5.39 Å². The van der Waals surface area contributed by atoms with E-state index in [4.69, 9.17) is 12.2 Å². The minimum atomic E-state index is 0.0262. The Morgan fingerprint density at radius 3 is 2.58 bits per heavy atom. The fraction of sp³-hybridized carbons (Fsp3) is 0.200. The standard InChI is InChI=1S/C15H14N2OS/c18-14(11-5-6-11)17-15(19)16-13-8-7-10-3-1-2-4-12(10)9-13/h1-4,7-9,11H,5-6H2,(H2,16,17,18,19). The summed E-state index contributed by atoms with van der Waals surface area (Å²) in [6.45, 7) is 0. The van der Waals surface area contributed by atoms with Crippen molar-refractivity contribution in [2.45, 2.75) is 12.8 Å². The van der Waals surface area contributed by atoms with Crippen molar-refractivity contribution in [2.75, 3.05) is 5.32 Å². The van der Waals surface area contributed by atoms with Gasteiger partial charge in [-0.2, -0.15) is 0 Å². The zero-order valence-electron chi connectivity index (χ0n) is 10.3. The fourth-order valence-electron chi connectivity index (χ4n) is 1.99. The second kappa shape index (κ2) is 4.97. The third-order valence-corrected chi connectivity index (χ3v) is 3.40. The largest absolute Gasteiger partial charge is 0.332 e. The van der Waals surface area contributed by atoms with Crippen molar-refractivity contribution in [1.82, 2.24) is 5.32 Å². The topological polar surface area (TPSA) is 41.1 Å². The maximum Gasteiger partial charge on any atom is 0.229 e. The second-order valence-electron chi connectivity index (χ2n) is 4.78. The second-order valence-corrected chi connectivity index (χ2v) is 5.19. The molecular formula is C15H14N2OS. The first-order valence-electron chi connectivity index (χ1n) is 6.33. The lowest BCUT2D eigenvalue weighted by atomic mass is 10.1. The predicted molar refractivity (Wildman–Crippen MR) is 81.0 cm³/mol. The van der Waals surface area contributed by atoms with Gasteiger partial charge in [0.05, 0.1) is 0 Å². The quantitative estimate of drug-likeness (QED) is 0.824.